The molecule has 0 spiro atoms. The third kappa shape index (κ3) is 4.89. The van der Waals surface area contributed by atoms with Crippen molar-refractivity contribution in [2.75, 3.05) is 46.4 Å². The van der Waals surface area contributed by atoms with E-state index in [0.717, 1.165) is 13.1 Å². The van der Waals surface area contributed by atoms with Crippen LogP contribution in [0.5, 0.6) is 0 Å². The summed E-state index contributed by atoms with van der Waals surface area (Å²) in [6.07, 6.45) is 0. The number of carbonyl (C=O) groups excluding carboxylic acids is 1. The van der Waals surface area contributed by atoms with Gasteiger partial charge in [0.05, 0.1) is 12.2 Å². The molecular formula is C12H25N3O3. The highest BCUT2D eigenvalue weighted by molar-refractivity contribution is 5.81. The molecule has 0 aromatic rings. The number of amides is 1. The van der Waals surface area contributed by atoms with Gasteiger partial charge in [-0.05, 0) is 13.8 Å². The Morgan fingerprint density at radius 3 is 2.39 bits per heavy atom. The Morgan fingerprint density at radius 2 is 1.94 bits per heavy atom. The Morgan fingerprint density at radius 1 is 1.39 bits per heavy atom. The molecule has 1 aliphatic heterocycles. The summed E-state index contributed by atoms with van der Waals surface area (Å²) in [7, 11) is 1.54. The number of hydrogen-bond acceptors (Lipinski definition) is 5. The van der Waals surface area contributed by atoms with Gasteiger partial charge in [-0.2, -0.15) is 0 Å². The van der Waals surface area contributed by atoms with Crippen molar-refractivity contribution in [3.8, 4) is 0 Å². The molecule has 1 rings (SSSR count). The first-order valence-corrected chi connectivity index (χ1v) is 6.31. The quantitative estimate of drug-likeness (QED) is 0.653. The van der Waals surface area contributed by atoms with E-state index in [9.17, 15) is 9.90 Å². The number of nitrogens with two attached hydrogens (primary N) is 1. The van der Waals surface area contributed by atoms with Gasteiger partial charge in [0.15, 0.2) is 0 Å². The number of carbonyl (C=O) groups is 1. The van der Waals surface area contributed by atoms with Gasteiger partial charge in [0.25, 0.3) is 0 Å². The number of aliphatic hydroxyl groups is 1. The van der Waals surface area contributed by atoms with Gasteiger partial charge in [0.2, 0.25) is 5.91 Å². The van der Waals surface area contributed by atoms with Crippen LogP contribution in [-0.4, -0.2) is 78.9 Å². The molecule has 1 aliphatic rings. The molecule has 0 aromatic heterocycles. The van der Waals surface area contributed by atoms with Crippen molar-refractivity contribution < 1.29 is 14.6 Å². The van der Waals surface area contributed by atoms with Gasteiger partial charge in [-0.3, -0.25) is 9.69 Å². The van der Waals surface area contributed by atoms with Gasteiger partial charge >= 0.3 is 0 Å². The van der Waals surface area contributed by atoms with Crippen molar-refractivity contribution in [2.45, 2.75) is 25.5 Å². The van der Waals surface area contributed by atoms with Gasteiger partial charge in [-0.1, -0.05) is 0 Å². The lowest BCUT2D eigenvalue weighted by Gasteiger charge is -2.38. The summed E-state index contributed by atoms with van der Waals surface area (Å²) in [4.78, 5) is 15.9. The van der Waals surface area contributed by atoms with Gasteiger partial charge < -0.3 is 20.5 Å². The van der Waals surface area contributed by atoms with Gasteiger partial charge in [0.1, 0.15) is 6.04 Å². The summed E-state index contributed by atoms with van der Waals surface area (Å²) in [5.41, 5.74) is 5.03. The first-order valence-electron chi connectivity index (χ1n) is 6.31. The summed E-state index contributed by atoms with van der Waals surface area (Å²) in [6.45, 7) is 7.32. The molecular weight excluding hydrogens is 234 g/mol. The summed E-state index contributed by atoms with van der Waals surface area (Å²) in [6, 6.07) is -0.573. The molecule has 0 radical (unpaired) electrons. The number of rotatable bonds is 5. The Hall–Kier alpha value is -0.690. The minimum atomic E-state index is -0.696. The van der Waals surface area contributed by atoms with Crippen LogP contribution >= 0.6 is 0 Å². The van der Waals surface area contributed by atoms with Gasteiger partial charge in [-0.25, -0.2) is 0 Å². The SMILES string of the molecule is COCC(N)C(=O)N1CCN(CC(C)(C)O)CC1. The molecule has 1 heterocycles. The van der Waals surface area contributed by atoms with Crippen molar-refractivity contribution in [2.24, 2.45) is 5.73 Å². The summed E-state index contributed by atoms with van der Waals surface area (Å²) >= 11 is 0. The van der Waals surface area contributed by atoms with Gasteiger partial charge in [-0.15, -0.1) is 0 Å². The zero-order valence-electron chi connectivity index (χ0n) is 11.6. The molecule has 0 saturated carbocycles. The van der Waals surface area contributed by atoms with Crippen LogP contribution in [0, 0.1) is 0 Å². The molecule has 1 fully saturated rings. The largest absolute Gasteiger partial charge is 0.389 e. The topological polar surface area (TPSA) is 79.0 Å². The third-order valence-electron chi connectivity index (χ3n) is 2.96. The van der Waals surface area contributed by atoms with E-state index in [-0.39, 0.29) is 12.5 Å². The average Bonchev–Trinajstić information content (AvgIpc) is 2.27. The zero-order valence-corrected chi connectivity index (χ0v) is 11.6. The molecule has 6 nitrogen and oxygen atoms in total. The molecule has 1 atom stereocenters. The van der Waals surface area contributed by atoms with Crippen LogP contribution in [0.25, 0.3) is 0 Å². The lowest BCUT2D eigenvalue weighted by Crippen LogP contribution is -2.55. The Labute approximate surface area is 109 Å². The van der Waals surface area contributed by atoms with Crippen LogP contribution in [0.4, 0.5) is 0 Å². The Balaban J connectivity index is 2.37. The number of ether oxygens (including phenoxy) is 1. The van der Waals surface area contributed by atoms with E-state index in [1.807, 2.05) is 0 Å². The second kappa shape index (κ2) is 6.47. The molecule has 0 aliphatic carbocycles. The van der Waals surface area contributed by atoms with E-state index >= 15 is 0 Å². The lowest BCUT2D eigenvalue weighted by atomic mass is 10.1. The van der Waals surface area contributed by atoms with E-state index in [1.54, 1.807) is 18.7 Å². The van der Waals surface area contributed by atoms with Crippen molar-refractivity contribution in [1.82, 2.24) is 9.80 Å². The van der Waals surface area contributed by atoms with E-state index in [1.165, 1.54) is 7.11 Å². The van der Waals surface area contributed by atoms with Crippen LogP contribution in [0.1, 0.15) is 13.8 Å². The van der Waals surface area contributed by atoms with Crippen molar-refractivity contribution in [3.63, 3.8) is 0 Å². The predicted octanol–water partition coefficient (Wildman–Crippen LogP) is -1.12. The molecule has 6 heteroatoms. The molecule has 0 bridgehead atoms. The minimum Gasteiger partial charge on any atom is -0.389 e. The fourth-order valence-electron chi connectivity index (χ4n) is 2.16. The number of β-amino-alcohol motifs (C(OH)–C–C–N with tert-alkyl or cyclic N) is 1. The van der Waals surface area contributed by atoms with Crippen LogP contribution in [0.2, 0.25) is 0 Å². The second-order valence-corrected chi connectivity index (χ2v) is 5.48. The standard InChI is InChI=1S/C12H25N3O3/c1-12(2,17)9-14-4-6-15(7-5-14)11(16)10(13)8-18-3/h10,17H,4-9,13H2,1-3H3. The van der Waals surface area contributed by atoms with Crippen LogP contribution < -0.4 is 5.73 Å². The highest BCUT2D eigenvalue weighted by atomic mass is 16.5. The van der Waals surface area contributed by atoms with Crippen molar-refractivity contribution >= 4 is 5.91 Å². The highest BCUT2D eigenvalue weighted by Crippen LogP contribution is 2.09. The monoisotopic (exact) mass is 259 g/mol. The normalized spacial score (nSPS) is 19.9. The Kier molecular flexibility index (Phi) is 5.52. The summed E-state index contributed by atoms with van der Waals surface area (Å²) in [5.74, 6) is -0.0558. The number of piperazine rings is 1. The minimum absolute atomic E-state index is 0.0558. The fraction of sp³-hybridized carbons (Fsp3) is 0.917. The third-order valence-corrected chi connectivity index (χ3v) is 2.96. The summed E-state index contributed by atoms with van der Waals surface area (Å²) < 4.78 is 4.89. The maximum absolute atomic E-state index is 11.9. The van der Waals surface area contributed by atoms with E-state index in [2.05, 4.69) is 4.90 Å². The molecule has 3 N–H and O–H groups in total. The first-order chi connectivity index (χ1) is 8.33. The van der Waals surface area contributed by atoms with Crippen molar-refractivity contribution in [3.05, 3.63) is 0 Å². The number of methoxy groups -OCH3 is 1. The predicted molar refractivity (Wildman–Crippen MR) is 69.2 cm³/mol. The number of hydrogen-bond donors (Lipinski definition) is 2. The van der Waals surface area contributed by atoms with Gasteiger partial charge in [0, 0.05) is 39.8 Å². The maximum Gasteiger partial charge on any atom is 0.241 e. The summed E-state index contributed by atoms with van der Waals surface area (Å²) in [5, 5.41) is 9.74. The highest BCUT2D eigenvalue weighted by Gasteiger charge is 2.27. The molecule has 1 saturated heterocycles. The van der Waals surface area contributed by atoms with E-state index in [4.69, 9.17) is 10.5 Å². The molecule has 0 aromatic carbocycles. The smallest absolute Gasteiger partial charge is 0.241 e. The van der Waals surface area contributed by atoms with Crippen molar-refractivity contribution in [1.29, 1.82) is 0 Å². The fourth-order valence-corrected chi connectivity index (χ4v) is 2.16. The van der Waals surface area contributed by atoms with Crippen LogP contribution in [0.3, 0.4) is 0 Å². The zero-order chi connectivity index (χ0) is 13.8. The first kappa shape index (κ1) is 15.4. The van der Waals surface area contributed by atoms with Crippen LogP contribution in [0.15, 0.2) is 0 Å². The molecule has 106 valence electrons. The molecule has 1 unspecified atom stereocenters. The van der Waals surface area contributed by atoms with Crippen LogP contribution in [-0.2, 0) is 9.53 Å². The molecule has 1 amide bonds. The molecule has 18 heavy (non-hydrogen) atoms. The average molecular weight is 259 g/mol. The van der Waals surface area contributed by atoms with E-state index < -0.39 is 11.6 Å². The second-order valence-electron chi connectivity index (χ2n) is 5.48. The number of nitrogens with zero attached hydrogens (tertiary/aromatic N) is 2. The van der Waals surface area contributed by atoms with E-state index in [0.29, 0.717) is 19.6 Å². The lowest BCUT2D eigenvalue weighted by molar-refractivity contribution is -0.135. The maximum atomic E-state index is 11.9. The Bertz CT molecular complexity index is 270.